The van der Waals surface area contributed by atoms with Gasteiger partial charge in [-0.3, -0.25) is 0 Å². The molecule has 109 heavy (non-hydrogen) atoms. The number of fused-ring (bicyclic) bond motifs is 8. The molecular weight excluding hydrogens is 1380 g/mol. The summed E-state index contributed by atoms with van der Waals surface area (Å²) in [6, 6.07) is 67.3. The zero-order valence-electron chi connectivity index (χ0n) is 70.6. The maximum Gasteiger partial charge on any atom is 0.146 e. The molecule has 0 aliphatic heterocycles. The van der Waals surface area contributed by atoms with Gasteiger partial charge in [-0.25, -0.2) is 0 Å². The van der Waals surface area contributed by atoms with E-state index >= 15 is 0 Å². The van der Waals surface area contributed by atoms with Crippen LogP contribution in [0.1, 0.15) is 213 Å². The van der Waals surface area contributed by atoms with Crippen molar-refractivity contribution < 1.29 is 9.47 Å². The maximum atomic E-state index is 7.10. The number of benzene rings is 12. The number of hydrogen-bond acceptors (Lipinski definition) is 2. The van der Waals surface area contributed by atoms with Gasteiger partial charge < -0.3 is 9.47 Å². The molecule has 0 fully saturated rings. The van der Waals surface area contributed by atoms with Crippen molar-refractivity contribution in [2.45, 2.75) is 252 Å². The van der Waals surface area contributed by atoms with Crippen LogP contribution in [-0.4, -0.2) is 32.3 Å². The van der Waals surface area contributed by atoms with E-state index in [1.54, 1.807) is 0 Å². The minimum Gasteiger partial charge on any atom is -0.457 e. The third-order valence-electron chi connectivity index (χ3n) is 26.6. The first-order chi connectivity index (χ1) is 51.6. The van der Waals surface area contributed by atoms with Crippen LogP contribution in [0.15, 0.2) is 182 Å². The van der Waals surface area contributed by atoms with Gasteiger partial charge in [0.05, 0.1) is 0 Å². The van der Waals surface area contributed by atoms with Crippen molar-refractivity contribution in [1.29, 1.82) is 0 Å². The highest BCUT2D eigenvalue weighted by molar-refractivity contribution is 6.92. The first-order valence-corrected chi connectivity index (χ1v) is 50.0. The second kappa shape index (κ2) is 31.3. The van der Waals surface area contributed by atoms with Crippen molar-refractivity contribution in [3.05, 3.63) is 215 Å². The fourth-order valence-electron chi connectivity index (χ4n) is 20.7. The molecule has 0 aromatic heterocycles. The number of rotatable bonds is 18. The normalized spacial score (nSPS) is 12.8. The van der Waals surface area contributed by atoms with E-state index < -0.39 is 32.3 Å². The van der Waals surface area contributed by atoms with Crippen LogP contribution in [0.2, 0.25) is 66.5 Å². The van der Waals surface area contributed by atoms with Gasteiger partial charge in [-0.05, 0) is 238 Å². The second-order valence-electron chi connectivity index (χ2n) is 36.2. The highest BCUT2D eigenvalue weighted by atomic mass is 28.3. The Morgan fingerprint density at radius 3 is 0.651 bits per heavy atom. The molecule has 0 bridgehead atoms. The summed E-state index contributed by atoms with van der Waals surface area (Å²) in [4.78, 5) is 0. The van der Waals surface area contributed by atoms with E-state index in [9.17, 15) is 0 Å². The van der Waals surface area contributed by atoms with Crippen LogP contribution in [0.4, 0.5) is 0 Å². The molecule has 0 aliphatic rings. The lowest BCUT2D eigenvalue weighted by Crippen LogP contribution is -2.43. The number of hydrogen-bond donors (Lipinski definition) is 0. The van der Waals surface area contributed by atoms with E-state index in [2.05, 4.69) is 408 Å². The van der Waals surface area contributed by atoms with E-state index in [0.29, 0.717) is 66.5 Å². The molecule has 0 N–H and O–H groups in total. The molecule has 6 heteroatoms. The molecule has 12 rings (SSSR count). The topological polar surface area (TPSA) is 18.5 Å². The molecule has 2 nitrogen and oxygen atoms in total. The fraction of sp³-hybridized carbons (Fsp3) is 0.379. The van der Waals surface area contributed by atoms with Crippen LogP contribution in [0.25, 0.3) is 86.2 Å². The van der Waals surface area contributed by atoms with E-state index in [4.69, 9.17) is 9.47 Å². The van der Waals surface area contributed by atoms with Crippen molar-refractivity contribution in [3.8, 4) is 68.9 Å². The van der Waals surface area contributed by atoms with Crippen molar-refractivity contribution >= 4 is 118 Å². The summed E-state index contributed by atoms with van der Waals surface area (Å²) in [5.74, 6) is 19.5. The van der Waals surface area contributed by atoms with Crippen molar-refractivity contribution in [2.24, 2.45) is 0 Å². The first-order valence-electron chi connectivity index (χ1n) is 41.0. The zero-order chi connectivity index (χ0) is 78.7. The van der Waals surface area contributed by atoms with Gasteiger partial charge in [0.1, 0.15) is 55.3 Å². The quantitative estimate of drug-likeness (QED) is 0.0484. The Labute approximate surface area is 659 Å². The molecule has 0 saturated carbocycles. The lowest BCUT2D eigenvalue weighted by Gasteiger charge is -2.38. The Morgan fingerprint density at radius 2 is 0.431 bits per heavy atom. The Morgan fingerprint density at radius 1 is 0.229 bits per heavy atom. The van der Waals surface area contributed by atoms with Crippen molar-refractivity contribution in [3.63, 3.8) is 0 Å². The molecule has 560 valence electrons. The average Bonchev–Trinajstić information content (AvgIpc) is 0.729. The van der Waals surface area contributed by atoms with E-state index in [0.717, 1.165) is 88.3 Å². The average molecular weight is 1500 g/mol. The van der Waals surface area contributed by atoms with Gasteiger partial charge in [0.25, 0.3) is 0 Å². The number of ether oxygens (including phenoxy) is 2. The summed E-state index contributed by atoms with van der Waals surface area (Å²) in [5.41, 5.74) is 29.1. The molecule has 0 atom stereocenters. The van der Waals surface area contributed by atoms with Crippen LogP contribution in [-0.2, 0) is 5.41 Å². The largest absolute Gasteiger partial charge is 0.457 e. The standard InChI is InChI=1S/C103H120O2Si4/c1-65(2)106(66(3)4,67(5)6)53-49-87-93-57-77-33-27-29-35-79(77)59-95(93)89(51-55-108(71(13)14,72(15)16)73(17)18)99-63-91-81(61-97(87)99)37-31-39-101(91)104-85-45-41-83(42-46-85)103(25,26)84-43-47-86(48-44-84)105-102-40-32-38-82-62-98-88(50-54-107(68(7)8,69(9)10)70(11)12)94-58-78-34-28-30-36-80(78)60-96(94)90(100(98)64-92(82)102)52-56-109(74(19)20,75(21)22)76(23)24/h27-48,57-76H,1-26H3. The molecule has 0 amide bonds. The molecule has 12 aromatic carbocycles. The highest BCUT2D eigenvalue weighted by Gasteiger charge is 2.45. The van der Waals surface area contributed by atoms with Gasteiger partial charge in [0, 0.05) is 38.4 Å². The van der Waals surface area contributed by atoms with Gasteiger partial charge >= 0.3 is 0 Å². The van der Waals surface area contributed by atoms with Crippen LogP contribution in [0.5, 0.6) is 23.0 Å². The minimum absolute atomic E-state index is 0.350. The van der Waals surface area contributed by atoms with Gasteiger partial charge in [0.2, 0.25) is 0 Å². The monoisotopic (exact) mass is 1500 g/mol. The van der Waals surface area contributed by atoms with Crippen LogP contribution >= 0.6 is 0 Å². The summed E-state index contributed by atoms with van der Waals surface area (Å²) in [6.07, 6.45) is 0. The third-order valence-corrected chi connectivity index (χ3v) is 51.7. The summed E-state index contributed by atoms with van der Waals surface area (Å²) < 4.78 is 14.2. The maximum absolute atomic E-state index is 7.10. The van der Waals surface area contributed by atoms with E-state index in [1.165, 1.54) is 54.2 Å². The van der Waals surface area contributed by atoms with Gasteiger partial charge in [-0.1, -0.05) is 301 Å². The minimum atomic E-state index is -2.18. The van der Waals surface area contributed by atoms with E-state index in [-0.39, 0.29) is 5.41 Å². The van der Waals surface area contributed by atoms with Gasteiger partial charge in [0.15, 0.2) is 0 Å². The molecule has 0 heterocycles. The predicted octanol–water partition coefficient (Wildman–Crippen LogP) is 31.1. The summed E-state index contributed by atoms with van der Waals surface area (Å²) in [7, 11) is -8.66. The zero-order valence-corrected chi connectivity index (χ0v) is 74.6. The first kappa shape index (κ1) is 80.0. The molecule has 0 radical (unpaired) electrons. The lowest BCUT2D eigenvalue weighted by molar-refractivity contribution is 0.487. The molecule has 0 saturated heterocycles. The third kappa shape index (κ3) is 14.2. The van der Waals surface area contributed by atoms with Crippen LogP contribution in [0.3, 0.4) is 0 Å². The smallest absolute Gasteiger partial charge is 0.146 e. The summed E-state index contributed by atoms with van der Waals surface area (Å²) in [5, 5.41) is 18.4. The summed E-state index contributed by atoms with van der Waals surface area (Å²) in [6.45, 7) is 62.6. The molecule has 12 aromatic rings. The van der Waals surface area contributed by atoms with Crippen molar-refractivity contribution in [1.82, 2.24) is 0 Å². The molecule has 0 spiro atoms. The predicted molar refractivity (Wildman–Crippen MR) is 490 cm³/mol. The lowest BCUT2D eigenvalue weighted by atomic mass is 9.78. The van der Waals surface area contributed by atoms with Crippen LogP contribution < -0.4 is 9.47 Å². The Hall–Kier alpha value is -8.57. The molecule has 0 aliphatic carbocycles. The van der Waals surface area contributed by atoms with Gasteiger partial charge in [-0.2, -0.15) is 0 Å². The Kier molecular flexibility index (Phi) is 23.0. The van der Waals surface area contributed by atoms with E-state index in [1.807, 2.05) is 0 Å². The fourth-order valence-corrected chi connectivity index (χ4v) is 41.6. The summed E-state index contributed by atoms with van der Waals surface area (Å²) >= 11 is 0. The molecule has 0 unspecified atom stereocenters. The van der Waals surface area contributed by atoms with Crippen molar-refractivity contribution in [2.75, 3.05) is 0 Å². The Balaban J connectivity index is 0.933. The second-order valence-corrected chi connectivity index (χ2v) is 58.5. The SMILES string of the molecule is CC(C)[Si](C#Cc1c2cc3ccccc3cc2c(C#C[Si](C(C)C)(C(C)C)C(C)C)c2cc3c(Oc4ccc(C(C)(C)c5ccc(Oc6cccc7cc8c(C#C[Si](C(C)C)(C(C)C)C(C)C)c9cc%10ccccc%10cc9c(C#C[Si](C(C)C)(C(C)C)C(C)C)c8cc67)cc5)cc4)cccc3cc12)(C(C)C)C(C)C. The molecular formula is C103H120O2Si4. The van der Waals surface area contributed by atoms with Crippen LogP contribution in [0, 0.1) is 45.9 Å². The van der Waals surface area contributed by atoms with Gasteiger partial charge in [-0.15, -0.1) is 22.2 Å². The highest BCUT2D eigenvalue weighted by Crippen LogP contribution is 2.49. The Bertz CT molecular complexity index is 5290.